The number of halogens is 2. The summed E-state index contributed by atoms with van der Waals surface area (Å²) in [4.78, 5) is 11.5. The van der Waals surface area contributed by atoms with Crippen LogP contribution in [-0.2, 0) is 11.2 Å². The van der Waals surface area contributed by atoms with Crippen LogP contribution in [-0.4, -0.2) is 5.78 Å². The molecule has 0 fully saturated rings. The second kappa shape index (κ2) is 6.36. The maximum absolute atomic E-state index is 13.2. The molecule has 0 aromatic heterocycles. The predicted octanol–water partition coefficient (Wildman–Crippen LogP) is 3.66. The summed E-state index contributed by atoms with van der Waals surface area (Å²) in [5.41, 5.74) is -0.107. The van der Waals surface area contributed by atoms with Gasteiger partial charge in [-0.1, -0.05) is 25.8 Å². The Morgan fingerprint density at radius 1 is 1.19 bits per heavy atom. The summed E-state index contributed by atoms with van der Waals surface area (Å²) in [6, 6.07) is 3.66. The van der Waals surface area contributed by atoms with Crippen LogP contribution < -0.4 is 0 Å². The minimum absolute atomic E-state index is 0.0996. The molecule has 1 aromatic carbocycles. The number of carbonyl (C=O) groups is 1. The van der Waals surface area contributed by atoms with Gasteiger partial charge in [0.05, 0.1) is 0 Å². The molecule has 1 nitrogen and oxygen atoms in total. The molecule has 0 aliphatic rings. The third-order valence-corrected chi connectivity index (χ3v) is 2.49. The number of hydrogen-bond acceptors (Lipinski definition) is 1. The summed E-state index contributed by atoms with van der Waals surface area (Å²) in [6.45, 7) is 2.04. The van der Waals surface area contributed by atoms with Gasteiger partial charge in [-0.15, -0.1) is 0 Å². The van der Waals surface area contributed by atoms with Crippen LogP contribution in [0.15, 0.2) is 18.2 Å². The Morgan fingerprint density at radius 2 is 1.81 bits per heavy atom. The van der Waals surface area contributed by atoms with Crippen molar-refractivity contribution in [3.63, 3.8) is 0 Å². The zero-order valence-electron chi connectivity index (χ0n) is 9.43. The standard InChI is InChI=1S/C13H16F2O/c1-2-3-4-6-10(16)9-11-12(14)7-5-8-13(11)15/h5,7-8H,2-4,6,9H2,1H3. The van der Waals surface area contributed by atoms with Crippen molar-refractivity contribution in [3.8, 4) is 0 Å². The molecule has 88 valence electrons. The SMILES string of the molecule is CCCCCC(=O)Cc1c(F)cccc1F. The summed E-state index contributed by atoms with van der Waals surface area (Å²) < 4.78 is 26.4. The minimum atomic E-state index is -0.635. The number of Topliss-reactive ketones (excluding diaryl/α,β-unsaturated/α-hetero) is 1. The van der Waals surface area contributed by atoms with E-state index in [1.807, 2.05) is 6.92 Å². The van der Waals surface area contributed by atoms with Crippen molar-refractivity contribution in [2.75, 3.05) is 0 Å². The van der Waals surface area contributed by atoms with Crippen LogP contribution in [0.25, 0.3) is 0 Å². The van der Waals surface area contributed by atoms with E-state index in [2.05, 4.69) is 0 Å². The van der Waals surface area contributed by atoms with E-state index in [4.69, 9.17) is 0 Å². The Labute approximate surface area is 94.5 Å². The maximum Gasteiger partial charge on any atom is 0.137 e. The quantitative estimate of drug-likeness (QED) is 0.676. The van der Waals surface area contributed by atoms with Gasteiger partial charge in [0.1, 0.15) is 17.4 Å². The van der Waals surface area contributed by atoms with Gasteiger partial charge in [-0.3, -0.25) is 4.79 Å². The highest BCUT2D eigenvalue weighted by Crippen LogP contribution is 2.14. The number of rotatable bonds is 6. The Kier molecular flexibility index (Phi) is 5.09. The Bertz CT molecular complexity index is 341. The first-order valence-corrected chi connectivity index (χ1v) is 5.59. The first-order valence-electron chi connectivity index (χ1n) is 5.59. The molecule has 0 amide bonds. The lowest BCUT2D eigenvalue weighted by Crippen LogP contribution is -2.06. The second-order valence-electron chi connectivity index (χ2n) is 3.87. The zero-order chi connectivity index (χ0) is 12.0. The smallest absolute Gasteiger partial charge is 0.137 e. The monoisotopic (exact) mass is 226 g/mol. The molecule has 0 saturated carbocycles. The first kappa shape index (κ1) is 12.8. The molecule has 1 aromatic rings. The molecular weight excluding hydrogens is 210 g/mol. The summed E-state index contributed by atoms with van der Waals surface area (Å²) >= 11 is 0. The van der Waals surface area contributed by atoms with Crippen molar-refractivity contribution >= 4 is 5.78 Å². The van der Waals surface area contributed by atoms with Crippen molar-refractivity contribution in [1.82, 2.24) is 0 Å². The van der Waals surface area contributed by atoms with Crippen LogP contribution in [0.1, 0.15) is 38.2 Å². The van der Waals surface area contributed by atoms with E-state index in [-0.39, 0.29) is 17.8 Å². The molecule has 0 heterocycles. The summed E-state index contributed by atoms with van der Waals surface area (Å²) in [5.74, 6) is -1.37. The predicted molar refractivity (Wildman–Crippen MR) is 59.2 cm³/mol. The van der Waals surface area contributed by atoms with Gasteiger partial charge in [0.15, 0.2) is 0 Å². The molecule has 3 heteroatoms. The van der Waals surface area contributed by atoms with Gasteiger partial charge in [0, 0.05) is 18.4 Å². The molecule has 0 bridgehead atoms. The lowest BCUT2D eigenvalue weighted by atomic mass is 10.0. The summed E-state index contributed by atoms with van der Waals surface area (Å²) in [6.07, 6.45) is 3.07. The molecule has 0 spiro atoms. The molecule has 0 atom stereocenters. The Hall–Kier alpha value is -1.25. The highest BCUT2D eigenvalue weighted by Gasteiger charge is 2.12. The van der Waals surface area contributed by atoms with Crippen LogP contribution in [0.4, 0.5) is 8.78 Å². The number of unbranched alkanes of at least 4 members (excludes halogenated alkanes) is 2. The third-order valence-electron chi connectivity index (χ3n) is 2.49. The fraction of sp³-hybridized carbons (Fsp3) is 0.462. The van der Waals surface area contributed by atoms with Crippen LogP contribution in [0, 0.1) is 11.6 Å². The van der Waals surface area contributed by atoms with Gasteiger partial charge < -0.3 is 0 Å². The molecular formula is C13H16F2O. The normalized spacial score (nSPS) is 10.4. The molecule has 0 N–H and O–H groups in total. The average molecular weight is 226 g/mol. The van der Waals surface area contributed by atoms with Crippen molar-refractivity contribution in [1.29, 1.82) is 0 Å². The summed E-state index contributed by atoms with van der Waals surface area (Å²) in [5, 5.41) is 0. The lowest BCUT2D eigenvalue weighted by molar-refractivity contribution is -0.118. The average Bonchev–Trinajstić information content (AvgIpc) is 2.24. The molecule has 0 saturated heterocycles. The molecule has 16 heavy (non-hydrogen) atoms. The Balaban J connectivity index is 2.56. The van der Waals surface area contributed by atoms with Gasteiger partial charge in [-0.25, -0.2) is 8.78 Å². The van der Waals surface area contributed by atoms with Crippen molar-refractivity contribution in [2.24, 2.45) is 0 Å². The lowest BCUT2D eigenvalue weighted by Gasteiger charge is -2.04. The zero-order valence-corrected chi connectivity index (χ0v) is 9.43. The van der Waals surface area contributed by atoms with Gasteiger partial charge in [0.25, 0.3) is 0 Å². The molecule has 0 aliphatic heterocycles. The molecule has 0 radical (unpaired) electrons. The maximum atomic E-state index is 13.2. The van der Waals surface area contributed by atoms with Gasteiger partial charge in [-0.2, -0.15) is 0 Å². The van der Waals surface area contributed by atoms with Gasteiger partial charge in [0.2, 0.25) is 0 Å². The Morgan fingerprint density at radius 3 is 2.38 bits per heavy atom. The van der Waals surface area contributed by atoms with Crippen LogP contribution in [0.3, 0.4) is 0 Å². The number of carbonyl (C=O) groups excluding carboxylic acids is 1. The minimum Gasteiger partial charge on any atom is -0.299 e. The first-order chi connectivity index (χ1) is 7.65. The molecule has 1 rings (SSSR count). The van der Waals surface area contributed by atoms with Gasteiger partial charge >= 0.3 is 0 Å². The van der Waals surface area contributed by atoms with Gasteiger partial charge in [-0.05, 0) is 18.6 Å². The highest BCUT2D eigenvalue weighted by molar-refractivity contribution is 5.80. The van der Waals surface area contributed by atoms with Crippen molar-refractivity contribution in [3.05, 3.63) is 35.4 Å². The fourth-order valence-electron chi connectivity index (χ4n) is 1.56. The van der Waals surface area contributed by atoms with Crippen LogP contribution in [0.2, 0.25) is 0 Å². The third kappa shape index (κ3) is 3.72. The van der Waals surface area contributed by atoms with Crippen molar-refractivity contribution < 1.29 is 13.6 Å². The highest BCUT2D eigenvalue weighted by atomic mass is 19.1. The number of benzene rings is 1. The van der Waals surface area contributed by atoms with E-state index in [0.29, 0.717) is 6.42 Å². The van der Waals surface area contributed by atoms with Crippen molar-refractivity contribution in [2.45, 2.75) is 39.0 Å². The van der Waals surface area contributed by atoms with E-state index in [9.17, 15) is 13.6 Å². The summed E-state index contributed by atoms with van der Waals surface area (Å²) in [7, 11) is 0. The second-order valence-corrected chi connectivity index (χ2v) is 3.87. The van der Waals surface area contributed by atoms with Crippen LogP contribution in [0.5, 0.6) is 0 Å². The fourth-order valence-corrected chi connectivity index (χ4v) is 1.56. The van der Waals surface area contributed by atoms with E-state index in [1.54, 1.807) is 0 Å². The van der Waals surface area contributed by atoms with E-state index in [0.717, 1.165) is 19.3 Å². The van der Waals surface area contributed by atoms with Crippen LogP contribution >= 0.6 is 0 Å². The largest absolute Gasteiger partial charge is 0.299 e. The van der Waals surface area contributed by atoms with E-state index < -0.39 is 11.6 Å². The van der Waals surface area contributed by atoms with E-state index >= 15 is 0 Å². The molecule has 0 aliphatic carbocycles. The van der Waals surface area contributed by atoms with E-state index in [1.165, 1.54) is 18.2 Å². The topological polar surface area (TPSA) is 17.1 Å². The molecule has 0 unspecified atom stereocenters. The number of ketones is 1. The number of hydrogen-bond donors (Lipinski definition) is 0.